The summed E-state index contributed by atoms with van der Waals surface area (Å²) >= 11 is 5.00. The zero-order valence-corrected chi connectivity index (χ0v) is 11.9. The molecule has 8 heteroatoms. The zero-order chi connectivity index (χ0) is 16.0. The largest absolute Gasteiger partial charge is 0.407 e. The van der Waals surface area contributed by atoms with E-state index in [1.54, 1.807) is 13.8 Å². The number of hydrogen-bond donors (Lipinski definition) is 1. The fourth-order valence-electron chi connectivity index (χ4n) is 1.97. The lowest BCUT2D eigenvalue weighted by atomic mass is 10.1. The number of rotatable bonds is 1. The van der Waals surface area contributed by atoms with Crippen LogP contribution in [-0.2, 0) is 11.0 Å². The van der Waals surface area contributed by atoms with Crippen LogP contribution in [0.1, 0.15) is 19.4 Å². The number of nitrogens with zero attached hydrogens (tertiary/aromatic N) is 2. The predicted octanol–water partition coefficient (Wildman–Crippen LogP) is 3.26. The predicted molar refractivity (Wildman–Crippen MR) is 75.0 cm³/mol. The number of thiocarbonyl (C=S) groups is 1. The molecular weight excluding hydrogens is 303 g/mol. The Morgan fingerprint density at radius 3 is 2.43 bits per heavy atom. The van der Waals surface area contributed by atoms with Gasteiger partial charge in [-0.2, -0.15) is 13.2 Å². The highest BCUT2D eigenvalue weighted by Crippen LogP contribution is 2.39. The maximum absolute atomic E-state index is 13.0. The molecule has 1 aromatic rings. The number of amides is 1. The van der Waals surface area contributed by atoms with Crippen LogP contribution in [0.3, 0.4) is 0 Å². The van der Waals surface area contributed by atoms with E-state index in [0.717, 1.165) is 17.0 Å². The number of nitrogens with one attached hydrogen (secondary N) is 1. The molecule has 0 bridgehead atoms. The van der Waals surface area contributed by atoms with E-state index < -0.39 is 28.9 Å². The van der Waals surface area contributed by atoms with Crippen molar-refractivity contribution in [3.8, 4) is 0 Å². The third kappa shape index (κ3) is 2.56. The van der Waals surface area contributed by atoms with Crippen molar-refractivity contribution in [1.29, 1.82) is 0 Å². The fraction of sp³-hybridized carbons (Fsp3) is 0.308. The molecule has 0 radical (unpaired) electrons. The summed E-state index contributed by atoms with van der Waals surface area (Å²) in [6, 6.07) is 3.07. The Labute approximate surface area is 124 Å². The summed E-state index contributed by atoms with van der Waals surface area (Å²) in [4.78, 5) is 16.0. The molecule has 2 rings (SSSR count). The summed E-state index contributed by atoms with van der Waals surface area (Å²) in [7, 11) is 0. The first-order chi connectivity index (χ1) is 9.58. The van der Waals surface area contributed by atoms with Gasteiger partial charge < -0.3 is 5.32 Å². The van der Waals surface area contributed by atoms with Crippen molar-refractivity contribution in [2.24, 2.45) is 0 Å². The molecule has 1 aromatic carbocycles. The summed E-state index contributed by atoms with van der Waals surface area (Å²) in [6.45, 7) is 9.96. The maximum Gasteiger partial charge on any atom is 0.407 e. The minimum absolute atomic E-state index is 0.0113. The van der Waals surface area contributed by atoms with Gasteiger partial charge in [0.05, 0.1) is 12.1 Å². The monoisotopic (exact) mass is 313 g/mol. The number of anilines is 1. The van der Waals surface area contributed by atoms with E-state index in [0.29, 0.717) is 0 Å². The van der Waals surface area contributed by atoms with Gasteiger partial charge >= 0.3 is 6.18 Å². The SMILES string of the molecule is [C-]#[N+]c1ccc(N2C(=O)C(C)(C)NC2=S)cc1C(F)(F)F. The first-order valence-corrected chi connectivity index (χ1v) is 6.24. The van der Waals surface area contributed by atoms with Crippen LogP contribution in [0.25, 0.3) is 4.85 Å². The van der Waals surface area contributed by atoms with Gasteiger partial charge in [0.1, 0.15) is 5.54 Å². The standard InChI is InChI=1S/C13H10F3N3OS/c1-12(2)10(20)19(11(21)18-12)7-4-5-9(17-3)8(6-7)13(14,15)16/h4-6H,1-2H3,(H,18,21). The number of carbonyl (C=O) groups is 1. The highest BCUT2D eigenvalue weighted by atomic mass is 32.1. The zero-order valence-electron chi connectivity index (χ0n) is 11.1. The lowest BCUT2D eigenvalue weighted by molar-refractivity contribution is -0.136. The minimum Gasteiger partial charge on any atom is -0.348 e. The molecule has 0 aromatic heterocycles. The second-order valence-electron chi connectivity index (χ2n) is 5.01. The average molecular weight is 313 g/mol. The minimum atomic E-state index is -4.68. The lowest BCUT2D eigenvalue weighted by Crippen LogP contribution is -2.40. The Balaban J connectivity index is 2.55. The molecule has 0 aliphatic carbocycles. The summed E-state index contributed by atoms with van der Waals surface area (Å²) in [6.07, 6.45) is -4.68. The quantitative estimate of drug-likeness (QED) is 0.639. The van der Waals surface area contributed by atoms with Crippen molar-refractivity contribution in [3.05, 3.63) is 35.2 Å². The highest BCUT2D eigenvalue weighted by Gasteiger charge is 2.43. The van der Waals surface area contributed by atoms with Crippen molar-refractivity contribution >= 4 is 34.6 Å². The molecule has 1 fully saturated rings. The molecule has 0 unspecified atom stereocenters. The van der Waals surface area contributed by atoms with Crippen LogP contribution >= 0.6 is 12.2 Å². The van der Waals surface area contributed by atoms with Gasteiger partial charge in [0.25, 0.3) is 5.91 Å². The molecule has 1 heterocycles. The first-order valence-electron chi connectivity index (χ1n) is 5.83. The smallest absolute Gasteiger partial charge is 0.348 e. The van der Waals surface area contributed by atoms with Crippen molar-refractivity contribution in [2.45, 2.75) is 25.6 Å². The normalized spacial score (nSPS) is 17.6. The maximum atomic E-state index is 13.0. The topological polar surface area (TPSA) is 36.7 Å². The first kappa shape index (κ1) is 15.3. The van der Waals surface area contributed by atoms with Gasteiger partial charge in [0.15, 0.2) is 10.8 Å². The van der Waals surface area contributed by atoms with Crippen molar-refractivity contribution in [2.75, 3.05) is 4.90 Å². The average Bonchev–Trinajstić information content (AvgIpc) is 2.56. The van der Waals surface area contributed by atoms with Crippen LogP contribution in [0.15, 0.2) is 18.2 Å². The second-order valence-corrected chi connectivity index (χ2v) is 5.39. The third-order valence-electron chi connectivity index (χ3n) is 3.02. The number of carbonyl (C=O) groups excluding carboxylic acids is 1. The fourth-order valence-corrected chi connectivity index (χ4v) is 2.41. The molecule has 1 N–H and O–H groups in total. The van der Waals surface area contributed by atoms with Gasteiger partial charge in [-0.05, 0) is 38.2 Å². The summed E-state index contributed by atoms with van der Waals surface area (Å²) in [5.41, 5.74) is -2.59. The molecule has 110 valence electrons. The second kappa shape index (κ2) is 4.70. The van der Waals surface area contributed by atoms with E-state index in [1.807, 2.05) is 0 Å². The van der Waals surface area contributed by atoms with Gasteiger partial charge in [-0.25, -0.2) is 4.85 Å². The molecule has 0 saturated carbocycles. The van der Waals surface area contributed by atoms with E-state index in [1.165, 1.54) is 6.07 Å². The molecule has 0 atom stereocenters. The van der Waals surface area contributed by atoms with Gasteiger partial charge in [-0.3, -0.25) is 9.69 Å². The molecular formula is C13H10F3N3OS. The molecule has 1 aliphatic rings. The Morgan fingerprint density at radius 1 is 1.38 bits per heavy atom. The Morgan fingerprint density at radius 2 is 2.00 bits per heavy atom. The van der Waals surface area contributed by atoms with E-state index in [9.17, 15) is 18.0 Å². The van der Waals surface area contributed by atoms with Crippen LogP contribution in [0.4, 0.5) is 24.5 Å². The number of alkyl halides is 3. The molecule has 21 heavy (non-hydrogen) atoms. The van der Waals surface area contributed by atoms with E-state index in [4.69, 9.17) is 18.8 Å². The summed E-state index contributed by atoms with van der Waals surface area (Å²) < 4.78 is 38.9. The van der Waals surface area contributed by atoms with Crippen LogP contribution in [-0.4, -0.2) is 16.6 Å². The van der Waals surface area contributed by atoms with Crippen LogP contribution in [0.2, 0.25) is 0 Å². The number of halogens is 3. The van der Waals surface area contributed by atoms with Crippen molar-refractivity contribution < 1.29 is 18.0 Å². The van der Waals surface area contributed by atoms with Gasteiger partial charge in [-0.15, -0.1) is 0 Å². The van der Waals surface area contributed by atoms with Gasteiger partial charge in [-0.1, -0.05) is 6.07 Å². The number of benzene rings is 1. The van der Waals surface area contributed by atoms with Gasteiger partial charge in [0.2, 0.25) is 0 Å². The molecule has 4 nitrogen and oxygen atoms in total. The Bertz CT molecular complexity index is 676. The molecule has 1 amide bonds. The Hall–Kier alpha value is -2.14. The van der Waals surface area contributed by atoms with Crippen LogP contribution in [0.5, 0.6) is 0 Å². The summed E-state index contributed by atoms with van der Waals surface area (Å²) in [5, 5.41) is 2.78. The van der Waals surface area contributed by atoms with Gasteiger partial charge in [0, 0.05) is 5.69 Å². The third-order valence-corrected chi connectivity index (χ3v) is 3.31. The van der Waals surface area contributed by atoms with Crippen LogP contribution < -0.4 is 10.2 Å². The molecule has 0 spiro atoms. The lowest BCUT2D eigenvalue weighted by Gasteiger charge is -2.19. The highest BCUT2D eigenvalue weighted by molar-refractivity contribution is 7.80. The Kier molecular flexibility index (Phi) is 3.41. The summed E-state index contributed by atoms with van der Waals surface area (Å²) in [5.74, 6) is -0.448. The van der Waals surface area contributed by atoms with E-state index in [-0.39, 0.29) is 10.8 Å². The number of hydrogen-bond acceptors (Lipinski definition) is 2. The van der Waals surface area contributed by atoms with Crippen molar-refractivity contribution in [1.82, 2.24) is 5.32 Å². The van der Waals surface area contributed by atoms with E-state index in [2.05, 4.69) is 10.2 Å². The van der Waals surface area contributed by atoms with Crippen LogP contribution in [0, 0.1) is 6.57 Å². The molecule has 1 saturated heterocycles. The van der Waals surface area contributed by atoms with Crippen molar-refractivity contribution in [3.63, 3.8) is 0 Å². The molecule has 1 aliphatic heterocycles. The van der Waals surface area contributed by atoms with E-state index >= 15 is 0 Å².